The number of rotatable bonds is 5. The van der Waals surface area contributed by atoms with Crippen molar-refractivity contribution < 1.29 is 14.3 Å². The average Bonchev–Trinajstić information content (AvgIpc) is 2.98. The summed E-state index contributed by atoms with van der Waals surface area (Å²) in [6.07, 6.45) is 0. The van der Waals surface area contributed by atoms with Gasteiger partial charge in [-0.1, -0.05) is 36.4 Å². The summed E-state index contributed by atoms with van der Waals surface area (Å²) in [5, 5.41) is 9.98. The zero-order valence-electron chi connectivity index (χ0n) is 12.0. The highest BCUT2D eigenvalue weighted by Crippen LogP contribution is 2.24. The van der Waals surface area contributed by atoms with Gasteiger partial charge in [0.15, 0.2) is 0 Å². The van der Waals surface area contributed by atoms with Gasteiger partial charge in [-0.05, 0) is 11.5 Å². The summed E-state index contributed by atoms with van der Waals surface area (Å²) in [7, 11) is 0. The average molecular weight is 299 g/mol. The molecule has 1 heterocycles. The molecule has 3 N–H and O–H groups in total. The molecule has 1 atom stereocenters. The number of nitrogens with one attached hydrogen (secondary N) is 3. The summed E-state index contributed by atoms with van der Waals surface area (Å²) in [5.41, 5.74) is 0. The van der Waals surface area contributed by atoms with E-state index in [-0.39, 0.29) is 11.9 Å². The Morgan fingerprint density at radius 2 is 2.05 bits per heavy atom. The summed E-state index contributed by atoms with van der Waals surface area (Å²) in [6.45, 7) is 1.07. The predicted molar refractivity (Wildman–Crippen MR) is 82.8 cm³/mol. The molecule has 0 saturated carbocycles. The summed E-state index contributed by atoms with van der Waals surface area (Å²) in [6, 6.07) is 13.0. The van der Waals surface area contributed by atoms with Crippen molar-refractivity contribution in [3.63, 3.8) is 0 Å². The Kier molecular flexibility index (Phi) is 4.09. The van der Waals surface area contributed by atoms with Crippen LogP contribution in [-0.4, -0.2) is 37.7 Å². The first kappa shape index (κ1) is 14.2. The van der Waals surface area contributed by atoms with Crippen LogP contribution in [0.1, 0.15) is 0 Å². The summed E-state index contributed by atoms with van der Waals surface area (Å²) in [5.74, 6) is 0.586. The number of fused-ring (bicyclic) bond motifs is 1. The van der Waals surface area contributed by atoms with Crippen LogP contribution in [0.3, 0.4) is 0 Å². The summed E-state index contributed by atoms with van der Waals surface area (Å²) in [4.78, 5) is 22.8. The highest BCUT2D eigenvalue weighted by atomic mass is 16.5. The SMILES string of the molecule is O=C1NCC(C(=O)NCCOc2cccc3ccccc23)N1. The van der Waals surface area contributed by atoms with Gasteiger partial charge in [-0.2, -0.15) is 0 Å². The third-order valence-electron chi connectivity index (χ3n) is 3.50. The van der Waals surface area contributed by atoms with Crippen molar-refractivity contribution in [2.75, 3.05) is 19.7 Å². The normalized spacial score (nSPS) is 16.9. The number of ether oxygens (including phenoxy) is 1. The maximum atomic E-state index is 11.8. The van der Waals surface area contributed by atoms with E-state index in [1.165, 1.54) is 0 Å². The van der Waals surface area contributed by atoms with Crippen molar-refractivity contribution >= 4 is 22.7 Å². The fourth-order valence-electron chi connectivity index (χ4n) is 2.39. The van der Waals surface area contributed by atoms with E-state index in [1.807, 2.05) is 42.5 Å². The van der Waals surface area contributed by atoms with Gasteiger partial charge in [0, 0.05) is 11.9 Å². The van der Waals surface area contributed by atoms with E-state index in [0.717, 1.165) is 16.5 Å². The van der Waals surface area contributed by atoms with Crippen LogP contribution in [0.2, 0.25) is 0 Å². The lowest BCUT2D eigenvalue weighted by atomic mass is 10.1. The van der Waals surface area contributed by atoms with Crippen molar-refractivity contribution in [3.8, 4) is 5.75 Å². The first-order valence-electron chi connectivity index (χ1n) is 7.17. The molecule has 1 aliphatic heterocycles. The highest BCUT2D eigenvalue weighted by molar-refractivity contribution is 5.90. The maximum absolute atomic E-state index is 11.8. The molecule has 6 heteroatoms. The van der Waals surface area contributed by atoms with Crippen molar-refractivity contribution in [2.45, 2.75) is 6.04 Å². The third kappa shape index (κ3) is 3.11. The van der Waals surface area contributed by atoms with Crippen LogP contribution in [0.4, 0.5) is 4.79 Å². The fraction of sp³-hybridized carbons (Fsp3) is 0.250. The number of hydrogen-bond acceptors (Lipinski definition) is 3. The minimum absolute atomic E-state index is 0.208. The molecule has 114 valence electrons. The van der Waals surface area contributed by atoms with E-state index < -0.39 is 6.04 Å². The Bertz CT molecular complexity index is 697. The minimum atomic E-state index is -0.509. The molecule has 0 radical (unpaired) electrons. The molecular formula is C16H17N3O3. The third-order valence-corrected chi connectivity index (χ3v) is 3.50. The molecule has 0 bridgehead atoms. The maximum Gasteiger partial charge on any atom is 0.315 e. The molecular weight excluding hydrogens is 282 g/mol. The van der Waals surface area contributed by atoms with Gasteiger partial charge in [-0.3, -0.25) is 4.79 Å². The second kappa shape index (κ2) is 6.34. The van der Waals surface area contributed by atoms with E-state index in [1.54, 1.807) is 0 Å². The molecule has 6 nitrogen and oxygen atoms in total. The van der Waals surface area contributed by atoms with E-state index >= 15 is 0 Å². The van der Waals surface area contributed by atoms with Crippen molar-refractivity contribution in [1.82, 2.24) is 16.0 Å². The zero-order valence-corrected chi connectivity index (χ0v) is 12.0. The van der Waals surface area contributed by atoms with E-state index in [9.17, 15) is 9.59 Å². The molecule has 3 amide bonds. The van der Waals surface area contributed by atoms with Gasteiger partial charge in [0.05, 0.1) is 6.54 Å². The Morgan fingerprint density at radius 3 is 2.86 bits per heavy atom. The second-order valence-corrected chi connectivity index (χ2v) is 5.02. The Balaban J connectivity index is 1.50. The first-order chi connectivity index (χ1) is 10.7. The molecule has 0 spiro atoms. The van der Waals surface area contributed by atoms with Crippen LogP contribution in [0.5, 0.6) is 5.75 Å². The largest absolute Gasteiger partial charge is 0.491 e. The predicted octanol–water partition coefficient (Wildman–Crippen LogP) is 1.02. The van der Waals surface area contributed by atoms with Crippen molar-refractivity contribution in [3.05, 3.63) is 42.5 Å². The van der Waals surface area contributed by atoms with Crippen LogP contribution in [0.15, 0.2) is 42.5 Å². The van der Waals surface area contributed by atoms with Gasteiger partial charge in [0.2, 0.25) is 5.91 Å². The lowest BCUT2D eigenvalue weighted by Crippen LogP contribution is -2.44. The number of carbonyl (C=O) groups excluding carboxylic acids is 2. The highest BCUT2D eigenvalue weighted by Gasteiger charge is 2.26. The lowest BCUT2D eigenvalue weighted by molar-refractivity contribution is -0.122. The fourth-order valence-corrected chi connectivity index (χ4v) is 2.39. The van der Waals surface area contributed by atoms with Crippen LogP contribution in [0, 0.1) is 0 Å². The molecule has 2 aromatic rings. The first-order valence-corrected chi connectivity index (χ1v) is 7.17. The second-order valence-electron chi connectivity index (χ2n) is 5.02. The van der Waals surface area contributed by atoms with E-state index in [0.29, 0.717) is 19.7 Å². The van der Waals surface area contributed by atoms with Gasteiger partial charge >= 0.3 is 6.03 Å². The van der Waals surface area contributed by atoms with Gasteiger partial charge in [0.25, 0.3) is 0 Å². The summed E-state index contributed by atoms with van der Waals surface area (Å²) >= 11 is 0. The van der Waals surface area contributed by atoms with Crippen LogP contribution < -0.4 is 20.7 Å². The number of carbonyl (C=O) groups is 2. The van der Waals surface area contributed by atoms with E-state index in [2.05, 4.69) is 16.0 Å². The molecule has 1 saturated heterocycles. The van der Waals surface area contributed by atoms with Crippen molar-refractivity contribution in [2.24, 2.45) is 0 Å². The number of amides is 3. The van der Waals surface area contributed by atoms with Gasteiger partial charge in [-0.15, -0.1) is 0 Å². The van der Waals surface area contributed by atoms with Crippen LogP contribution in [-0.2, 0) is 4.79 Å². The molecule has 2 aromatic carbocycles. The quantitative estimate of drug-likeness (QED) is 0.721. The molecule has 0 aliphatic carbocycles. The Morgan fingerprint density at radius 1 is 1.23 bits per heavy atom. The number of urea groups is 1. The monoisotopic (exact) mass is 299 g/mol. The zero-order chi connectivity index (χ0) is 15.4. The number of hydrogen-bond donors (Lipinski definition) is 3. The van der Waals surface area contributed by atoms with Gasteiger partial charge in [-0.25, -0.2) is 4.79 Å². The number of benzene rings is 2. The molecule has 1 aliphatic rings. The minimum Gasteiger partial charge on any atom is -0.491 e. The van der Waals surface area contributed by atoms with Gasteiger partial charge in [0.1, 0.15) is 18.4 Å². The van der Waals surface area contributed by atoms with Crippen LogP contribution in [0.25, 0.3) is 10.8 Å². The molecule has 0 aromatic heterocycles. The van der Waals surface area contributed by atoms with Crippen LogP contribution >= 0.6 is 0 Å². The van der Waals surface area contributed by atoms with Crippen molar-refractivity contribution in [1.29, 1.82) is 0 Å². The van der Waals surface area contributed by atoms with Gasteiger partial charge < -0.3 is 20.7 Å². The molecule has 3 rings (SSSR count). The topological polar surface area (TPSA) is 79.5 Å². The van der Waals surface area contributed by atoms with E-state index in [4.69, 9.17) is 4.74 Å². The molecule has 22 heavy (non-hydrogen) atoms. The molecule has 1 unspecified atom stereocenters. The Hall–Kier alpha value is -2.76. The standard InChI is InChI=1S/C16H17N3O3/c20-15(13-10-18-16(21)19-13)17-8-9-22-14-7-3-5-11-4-1-2-6-12(11)14/h1-7,13H,8-10H2,(H,17,20)(H2,18,19,21). The molecule has 1 fully saturated rings. The lowest BCUT2D eigenvalue weighted by Gasteiger charge is -2.12. The summed E-state index contributed by atoms with van der Waals surface area (Å²) < 4.78 is 5.74. The Labute approximate surface area is 127 Å². The smallest absolute Gasteiger partial charge is 0.315 e.